The van der Waals surface area contributed by atoms with Crippen molar-refractivity contribution in [2.45, 2.75) is 12.6 Å². The molecule has 1 heterocycles. The second-order valence-electron chi connectivity index (χ2n) is 4.66. The minimum absolute atomic E-state index is 0.174. The second-order valence-corrected chi connectivity index (χ2v) is 5.88. The first kappa shape index (κ1) is 13.9. The maximum Gasteiger partial charge on any atom is 0.0597 e. The molecule has 100 valence electrons. The van der Waals surface area contributed by atoms with Crippen molar-refractivity contribution in [1.82, 2.24) is 10.2 Å². The maximum atomic E-state index is 9.44. The van der Waals surface area contributed by atoms with Gasteiger partial charge in [-0.1, -0.05) is 30.3 Å². The Balaban J connectivity index is 1.74. The predicted octanol–water partition coefficient (Wildman–Crippen LogP) is 1.19. The van der Waals surface area contributed by atoms with Crippen LogP contribution < -0.4 is 5.32 Å². The largest absolute Gasteiger partial charge is 0.395 e. The SMILES string of the molecule is OCC(CN1CCSCC1)NCc1ccccc1. The lowest BCUT2D eigenvalue weighted by molar-refractivity contribution is 0.188. The van der Waals surface area contributed by atoms with Gasteiger partial charge < -0.3 is 15.3 Å². The summed E-state index contributed by atoms with van der Waals surface area (Å²) in [7, 11) is 0. The molecule has 1 saturated heterocycles. The number of aliphatic hydroxyl groups is 1. The number of hydrogen-bond donors (Lipinski definition) is 2. The van der Waals surface area contributed by atoms with Crippen LogP contribution in [0.25, 0.3) is 0 Å². The molecule has 0 aliphatic carbocycles. The molecule has 1 aliphatic rings. The van der Waals surface area contributed by atoms with Crippen LogP contribution in [0.1, 0.15) is 5.56 Å². The van der Waals surface area contributed by atoms with Gasteiger partial charge in [0.2, 0.25) is 0 Å². The summed E-state index contributed by atoms with van der Waals surface area (Å²) in [4.78, 5) is 2.44. The Bertz CT molecular complexity index is 328. The average Bonchev–Trinajstić information content (AvgIpc) is 2.45. The molecular weight excluding hydrogens is 244 g/mol. The lowest BCUT2D eigenvalue weighted by atomic mass is 10.2. The lowest BCUT2D eigenvalue weighted by Crippen LogP contribution is -2.45. The molecule has 1 fully saturated rings. The molecule has 0 spiro atoms. The molecule has 2 rings (SSSR count). The van der Waals surface area contributed by atoms with Crippen LogP contribution in [0, 0.1) is 0 Å². The van der Waals surface area contributed by atoms with Crippen molar-refractivity contribution in [2.75, 3.05) is 37.7 Å². The smallest absolute Gasteiger partial charge is 0.0597 e. The first-order valence-corrected chi connectivity index (χ1v) is 7.72. The van der Waals surface area contributed by atoms with Gasteiger partial charge in [-0.25, -0.2) is 0 Å². The van der Waals surface area contributed by atoms with Crippen LogP contribution >= 0.6 is 11.8 Å². The molecule has 0 aromatic heterocycles. The molecule has 0 saturated carbocycles. The van der Waals surface area contributed by atoms with Crippen molar-refractivity contribution in [2.24, 2.45) is 0 Å². The summed E-state index contributed by atoms with van der Waals surface area (Å²) in [5.41, 5.74) is 1.27. The third-order valence-corrected chi connectivity index (χ3v) is 4.18. The van der Waals surface area contributed by atoms with Gasteiger partial charge in [0, 0.05) is 43.7 Å². The van der Waals surface area contributed by atoms with Gasteiger partial charge in [0.1, 0.15) is 0 Å². The van der Waals surface area contributed by atoms with Crippen molar-refractivity contribution in [1.29, 1.82) is 0 Å². The number of nitrogens with one attached hydrogen (secondary N) is 1. The molecule has 18 heavy (non-hydrogen) atoms. The van der Waals surface area contributed by atoms with Gasteiger partial charge in [-0.3, -0.25) is 0 Å². The molecule has 1 aliphatic heterocycles. The van der Waals surface area contributed by atoms with Crippen LogP contribution in [0.4, 0.5) is 0 Å². The summed E-state index contributed by atoms with van der Waals surface area (Å²) in [6.07, 6.45) is 0. The topological polar surface area (TPSA) is 35.5 Å². The fourth-order valence-corrected chi connectivity index (χ4v) is 3.12. The fourth-order valence-electron chi connectivity index (χ4n) is 2.14. The molecule has 4 heteroatoms. The molecule has 2 N–H and O–H groups in total. The predicted molar refractivity (Wildman–Crippen MR) is 77.9 cm³/mol. The van der Waals surface area contributed by atoms with E-state index in [0.29, 0.717) is 0 Å². The van der Waals surface area contributed by atoms with Crippen molar-refractivity contribution in [3.8, 4) is 0 Å². The molecule has 1 atom stereocenters. The van der Waals surface area contributed by atoms with E-state index < -0.39 is 0 Å². The highest BCUT2D eigenvalue weighted by molar-refractivity contribution is 7.99. The second kappa shape index (κ2) is 7.79. The number of rotatable bonds is 6. The quantitative estimate of drug-likeness (QED) is 0.811. The summed E-state index contributed by atoms with van der Waals surface area (Å²) in [5.74, 6) is 2.44. The Hall–Kier alpha value is -0.550. The van der Waals surface area contributed by atoms with Gasteiger partial charge in [-0.15, -0.1) is 0 Å². The highest BCUT2D eigenvalue weighted by Gasteiger charge is 2.15. The van der Waals surface area contributed by atoms with E-state index in [-0.39, 0.29) is 12.6 Å². The van der Waals surface area contributed by atoms with E-state index in [1.807, 2.05) is 30.0 Å². The van der Waals surface area contributed by atoms with E-state index in [0.717, 1.165) is 26.2 Å². The molecule has 1 unspecified atom stereocenters. The van der Waals surface area contributed by atoms with Crippen LogP contribution in [-0.4, -0.2) is 53.8 Å². The van der Waals surface area contributed by atoms with Crippen LogP contribution in [0.3, 0.4) is 0 Å². The molecule has 0 bridgehead atoms. The van der Waals surface area contributed by atoms with E-state index in [2.05, 4.69) is 22.3 Å². The van der Waals surface area contributed by atoms with E-state index in [4.69, 9.17) is 0 Å². The van der Waals surface area contributed by atoms with Crippen LogP contribution in [0.2, 0.25) is 0 Å². The minimum atomic E-state index is 0.174. The first-order valence-electron chi connectivity index (χ1n) is 6.57. The van der Waals surface area contributed by atoms with Crippen LogP contribution in [0.15, 0.2) is 30.3 Å². The molecule has 1 aromatic rings. The monoisotopic (exact) mass is 266 g/mol. The van der Waals surface area contributed by atoms with Gasteiger partial charge in [-0.05, 0) is 5.56 Å². The molecule has 0 amide bonds. The van der Waals surface area contributed by atoms with E-state index in [9.17, 15) is 5.11 Å². The Kier molecular flexibility index (Phi) is 6.00. The number of benzene rings is 1. The summed E-state index contributed by atoms with van der Waals surface area (Å²) in [6, 6.07) is 10.5. The standard InChI is InChI=1S/C14H22N2OS/c17-12-14(11-16-6-8-18-9-7-16)15-10-13-4-2-1-3-5-13/h1-5,14-15,17H,6-12H2. The lowest BCUT2D eigenvalue weighted by Gasteiger charge is -2.30. The van der Waals surface area contributed by atoms with E-state index >= 15 is 0 Å². The number of thioether (sulfide) groups is 1. The van der Waals surface area contributed by atoms with Crippen LogP contribution in [0.5, 0.6) is 0 Å². The zero-order chi connectivity index (χ0) is 12.6. The fraction of sp³-hybridized carbons (Fsp3) is 0.571. The summed E-state index contributed by atoms with van der Waals surface area (Å²) in [5, 5.41) is 12.9. The summed E-state index contributed by atoms with van der Waals surface area (Å²) >= 11 is 2.02. The third kappa shape index (κ3) is 4.61. The third-order valence-electron chi connectivity index (χ3n) is 3.24. The van der Waals surface area contributed by atoms with Gasteiger partial charge >= 0.3 is 0 Å². The zero-order valence-corrected chi connectivity index (χ0v) is 11.5. The Labute approximate surface area is 114 Å². The number of nitrogens with zero attached hydrogens (tertiary/aromatic N) is 1. The average molecular weight is 266 g/mol. The highest BCUT2D eigenvalue weighted by atomic mass is 32.2. The van der Waals surface area contributed by atoms with Gasteiger partial charge in [0.25, 0.3) is 0 Å². The highest BCUT2D eigenvalue weighted by Crippen LogP contribution is 2.09. The molecular formula is C14H22N2OS. The Morgan fingerprint density at radius 2 is 1.94 bits per heavy atom. The van der Waals surface area contributed by atoms with E-state index in [1.165, 1.54) is 17.1 Å². The van der Waals surface area contributed by atoms with Gasteiger partial charge in [0.05, 0.1) is 6.61 Å². The molecule has 3 nitrogen and oxygen atoms in total. The molecule has 1 aromatic carbocycles. The van der Waals surface area contributed by atoms with Gasteiger partial charge in [0.15, 0.2) is 0 Å². The minimum Gasteiger partial charge on any atom is -0.395 e. The van der Waals surface area contributed by atoms with Crippen LogP contribution in [-0.2, 0) is 6.54 Å². The van der Waals surface area contributed by atoms with Gasteiger partial charge in [-0.2, -0.15) is 11.8 Å². The number of aliphatic hydroxyl groups excluding tert-OH is 1. The molecule has 0 radical (unpaired) electrons. The van der Waals surface area contributed by atoms with Crippen molar-refractivity contribution < 1.29 is 5.11 Å². The Morgan fingerprint density at radius 1 is 1.22 bits per heavy atom. The first-order chi connectivity index (χ1) is 8.88. The van der Waals surface area contributed by atoms with Crippen molar-refractivity contribution in [3.05, 3.63) is 35.9 Å². The van der Waals surface area contributed by atoms with E-state index in [1.54, 1.807) is 0 Å². The van der Waals surface area contributed by atoms with Crippen molar-refractivity contribution >= 4 is 11.8 Å². The Morgan fingerprint density at radius 3 is 2.61 bits per heavy atom. The summed E-state index contributed by atoms with van der Waals surface area (Å²) in [6.45, 7) is 4.28. The summed E-state index contributed by atoms with van der Waals surface area (Å²) < 4.78 is 0. The van der Waals surface area contributed by atoms with Crippen molar-refractivity contribution in [3.63, 3.8) is 0 Å². The zero-order valence-electron chi connectivity index (χ0n) is 10.7. The normalized spacial score (nSPS) is 18.7. The maximum absolute atomic E-state index is 9.44. The number of hydrogen-bond acceptors (Lipinski definition) is 4.